The zero-order valence-corrected chi connectivity index (χ0v) is 18.2. The topological polar surface area (TPSA) is 9.23 Å². The van der Waals surface area contributed by atoms with Crippen molar-refractivity contribution in [2.24, 2.45) is 0 Å². The summed E-state index contributed by atoms with van der Waals surface area (Å²) in [4.78, 5) is 0. The molecule has 0 unspecified atom stereocenters. The van der Waals surface area contributed by atoms with E-state index in [-0.39, 0.29) is 5.04 Å². The minimum Gasteiger partial charge on any atom is -0.407 e. The van der Waals surface area contributed by atoms with Crippen LogP contribution in [0.4, 0.5) is 0 Å². The molecule has 2 aromatic carbocycles. The van der Waals surface area contributed by atoms with Gasteiger partial charge in [0.15, 0.2) is 0 Å². The number of hydrogen-bond acceptors (Lipinski definition) is 1. The third kappa shape index (κ3) is 4.72. The molecule has 0 aliphatic carbocycles. The summed E-state index contributed by atoms with van der Waals surface area (Å²) in [5.41, 5.74) is 1.25. The zero-order valence-electron chi connectivity index (χ0n) is 15.6. The Bertz CT molecular complexity index is 622. The molecule has 0 amide bonds. The molecule has 0 radical (unpaired) electrons. The lowest BCUT2D eigenvalue weighted by molar-refractivity contribution is 0.301. The van der Waals surface area contributed by atoms with Crippen LogP contribution < -0.4 is 10.4 Å². The van der Waals surface area contributed by atoms with Gasteiger partial charge in [-0.2, -0.15) is 0 Å². The quantitative estimate of drug-likeness (QED) is 0.322. The lowest BCUT2D eigenvalue weighted by Crippen LogP contribution is -2.66. The van der Waals surface area contributed by atoms with E-state index in [1.54, 1.807) is 0 Å². The fourth-order valence-corrected chi connectivity index (χ4v) is 8.49. The predicted octanol–water partition coefficient (Wildman–Crippen LogP) is 5.29. The van der Waals surface area contributed by atoms with Crippen molar-refractivity contribution in [3.05, 3.63) is 72.8 Å². The first-order valence-electron chi connectivity index (χ1n) is 8.89. The maximum atomic E-state index is 6.85. The van der Waals surface area contributed by atoms with Gasteiger partial charge in [0.25, 0.3) is 8.32 Å². The van der Waals surface area contributed by atoms with Crippen LogP contribution in [0, 0.1) is 0 Å². The van der Waals surface area contributed by atoms with Crippen molar-refractivity contribution in [1.29, 1.82) is 0 Å². The maximum Gasteiger partial charge on any atom is 0.261 e. The average molecular weight is 417 g/mol. The van der Waals surface area contributed by atoms with Crippen LogP contribution in [0.2, 0.25) is 5.04 Å². The monoisotopic (exact) mass is 416 g/mol. The smallest absolute Gasteiger partial charge is 0.261 e. The van der Waals surface area contributed by atoms with Crippen molar-refractivity contribution in [3.8, 4) is 0 Å². The fraction of sp³-hybridized carbons (Fsp3) is 0.364. The Morgan fingerprint density at radius 2 is 1.40 bits per heavy atom. The van der Waals surface area contributed by atoms with Gasteiger partial charge in [0.2, 0.25) is 0 Å². The summed E-state index contributed by atoms with van der Waals surface area (Å²) in [6.45, 7) is 11.8. The van der Waals surface area contributed by atoms with Gasteiger partial charge in [-0.25, -0.2) is 0 Å². The van der Waals surface area contributed by atoms with Gasteiger partial charge < -0.3 is 4.43 Å². The highest BCUT2D eigenvalue weighted by atomic mass is 79.9. The molecule has 0 saturated carbocycles. The molecule has 0 aliphatic heterocycles. The molecular formula is C22H29BrOSi. The Morgan fingerprint density at radius 1 is 0.920 bits per heavy atom. The van der Waals surface area contributed by atoms with Gasteiger partial charge >= 0.3 is 0 Å². The van der Waals surface area contributed by atoms with E-state index in [9.17, 15) is 0 Å². The van der Waals surface area contributed by atoms with Crippen LogP contribution in [0.15, 0.2) is 72.8 Å². The number of benzene rings is 2. The second kappa shape index (κ2) is 8.97. The molecule has 3 heteroatoms. The molecule has 0 atom stereocenters. The van der Waals surface area contributed by atoms with Crippen LogP contribution in [0.1, 0.15) is 33.6 Å². The van der Waals surface area contributed by atoms with Crippen molar-refractivity contribution in [1.82, 2.24) is 0 Å². The van der Waals surface area contributed by atoms with Crippen molar-refractivity contribution in [2.75, 3.05) is 11.9 Å². The molecule has 2 rings (SSSR count). The highest BCUT2D eigenvalue weighted by Gasteiger charge is 2.49. The molecule has 0 bridgehead atoms. The Labute approximate surface area is 162 Å². The van der Waals surface area contributed by atoms with Crippen molar-refractivity contribution in [3.63, 3.8) is 0 Å². The molecule has 0 N–H and O–H groups in total. The van der Waals surface area contributed by atoms with Crippen LogP contribution in [0.5, 0.6) is 0 Å². The van der Waals surface area contributed by atoms with Gasteiger partial charge in [-0.15, -0.1) is 0 Å². The second-order valence-corrected chi connectivity index (χ2v) is 12.5. The summed E-state index contributed by atoms with van der Waals surface area (Å²) < 4.78 is 6.85. The molecule has 0 heterocycles. The molecule has 0 saturated heterocycles. The summed E-state index contributed by atoms with van der Waals surface area (Å²) in [6, 6.07) is 21.6. The van der Waals surface area contributed by atoms with Crippen LogP contribution in [0.25, 0.3) is 0 Å². The lowest BCUT2D eigenvalue weighted by atomic mass is 10.2. The SMILES string of the molecule is C=C(CCBr)CCO[Si](c1ccccc1)(c1ccccc1)C(C)(C)C. The lowest BCUT2D eigenvalue weighted by Gasteiger charge is -2.43. The Morgan fingerprint density at radius 3 is 1.80 bits per heavy atom. The average Bonchev–Trinajstić information content (AvgIpc) is 2.59. The Hall–Kier alpha value is -1.16. The molecule has 0 fully saturated rings. The summed E-state index contributed by atoms with van der Waals surface area (Å²) in [7, 11) is -2.39. The first-order valence-corrected chi connectivity index (χ1v) is 11.9. The highest BCUT2D eigenvalue weighted by molar-refractivity contribution is 9.09. The first kappa shape index (κ1) is 20.2. The van der Waals surface area contributed by atoms with E-state index >= 15 is 0 Å². The molecule has 0 aliphatic rings. The minimum atomic E-state index is -2.39. The van der Waals surface area contributed by atoms with Gasteiger partial charge in [0, 0.05) is 11.9 Å². The number of hydrogen-bond donors (Lipinski definition) is 0. The summed E-state index contributed by atoms with van der Waals surface area (Å²) in [5.74, 6) is 0. The summed E-state index contributed by atoms with van der Waals surface area (Å²) >= 11 is 3.49. The summed E-state index contributed by atoms with van der Waals surface area (Å²) in [5, 5.41) is 3.66. The zero-order chi connectivity index (χ0) is 18.3. The fourth-order valence-electron chi connectivity index (χ4n) is 3.37. The van der Waals surface area contributed by atoms with E-state index in [4.69, 9.17) is 4.43 Å². The molecule has 0 aromatic heterocycles. The third-order valence-corrected chi connectivity index (χ3v) is 10.1. The van der Waals surface area contributed by atoms with E-state index in [1.165, 1.54) is 15.9 Å². The maximum absolute atomic E-state index is 6.85. The van der Waals surface area contributed by atoms with E-state index in [0.29, 0.717) is 0 Å². The molecular weight excluding hydrogens is 388 g/mol. The first-order chi connectivity index (χ1) is 11.9. The molecule has 25 heavy (non-hydrogen) atoms. The normalized spacial score (nSPS) is 12.2. The van der Waals surface area contributed by atoms with E-state index in [2.05, 4.69) is 104 Å². The number of alkyl halides is 1. The molecule has 2 aromatic rings. The van der Waals surface area contributed by atoms with Crippen LogP contribution >= 0.6 is 15.9 Å². The number of halogens is 1. The van der Waals surface area contributed by atoms with Crippen LogP contribution in [-0.4, -0.2) is 20.3 Å². The van der Waals surface area contributed by atoms with Crippen LogP contribution in [0.3, 0.4) is 0 Å². The van der Waals surface area contributed by atoms with E-state index in [1.807, 2.05) is 0 Å². The van der Waals surface area contributed by atoms with Gasteiger partial charge in [-0.3, -0.25) is 0 Å². The van der Waals surface area contributed by atoms with Gasteiger partial charge in [0.05, 0.1) is 0 Å². The molecule has 134 valence electrons. The molecule has 0 spiro atoms. The van der Waals surface area contributed by atoms with Crippen molar-refractivity contribution >= 4 is 34.6 Å². The van der Waals surface area contributed by atoms with E-state index in [0.717, 1.165) is 24.8 Å². The Balaban J connectivity index is 2.44. The standard InChI is InChI=1S/C22H29BrOSi/c1-19(15-17-23)16-18-24-25(22(2,3)4,20-11-7-5-8-12-20)21-13-9-6-10-14-21/h5-14H,1,15-18H2,2-4H3. The Kier molecular flexibility index (Phi) is 7.23. The minimum absolute atomic E-state index is 0.0342. The number of rotatable bonds is 8. The largest absolute Gasteiger partial charge is 0.407 e. The molecule has 1 nitrogen and oxygen atoms in total. The van der Waals surface area contributed by atoms with Crippen molar-refractivity contribution < 1.29 is 4.43 Å². The third-order valence-electron chi connectivity index (χ3n) is 4.64. The van der Waals surface area contributed by atoms with Crippen molar-refractivity contribution in [2.45, 2.75) is 38.7 Å². The van der Waals surface area contributed by atoms with Crippen LogP contribution in [-0.2, 0) is 4.43 Å². The predicted molar refractivity (Wildman–Crippen MR) is 116 cm³/mol. The second-order valence-electron chi connectivity index (χ2n) is 7.45. The highest BCUT2D eigenvalue weighted by Crippen LogP contribution is 2.36. The van der Waals surface area contributed by atoms with Gasteiger partial charge in [-0.05, 0) is 28.3 Å². The van der Waals surface area contributed by atoms with Gasteiger partial charge in [0.1, 0.15) is 0 Å². The van der Waals surface area contributed by atoms with Gasteiger partial charge in [-0.1, -0.05) is 110 Å². The summed E-state index contributed by atoms with van der Waals surface area (Å²) in [6.07, 6.45) is 1.92. The van der Waals surface area contributed by atoms with E-state index < -0.39 is 8.32 Å².